The minimum absolute atomic E-state index is 0.0258. The predicted octanol–water partition coefficient (Wildman–Crippen LogP) is 0.172. The Morgan fingerprint density at radius 3 is 1.42 bits per heavy atom. The summed E-state index contributed by atoms with van der Waals surface area (Å²) in [6, 6.07) is 6.96. The van der Waals surface area contributed by atoms with Gasteiger partial charge in [-0.1, -0.05) is 58.0 Å². The maximum Gasteiger partial charge on any atom is 0.311 e. The van der Waals surface area contributed by atoms with Crippen LogP contribution in [0, 0.1) is 23.7 Å². The number of nitrogens with zero attached hydrogens (tertiary/aromatic N) is 3. The van der Waals surface area contributed by atoms with Gasteiger partial charge in [-0.25, -0.2) is 0 Å². The maximum atomic E-state index is 13.4. The van der Waals surface area contributed by atoms with Crippen molar-refractivity contribution in [3.8, 4) is 0 Å². The quantitative estimate of drug-likeness (QED) is 0.124. The van der Waals surface area contributed by atoms with Crippen LogP contribution in [-0.4, -0.2) is 286 Å². The number of amides is 1. The first-order valence-electron chi connectivity index (χ1n) is 32.4. The van der Waals surface area contributed by atoms with Crippen LogP contribution in [0.25, 0.3) is 0 Å². The SMILES string of the molecule is CC[C@H]1OC(=O)[C@H](C)[C@@H](O)[C@H](C)[C@@H](O[C@@H]2O[C@H](C)C[C@H](N(C)C(=O)COCc3ccccc3)[C@H]2O)[C@](C)(O)C[C@@H](O)CN(C)[C@H](C)[C@@H](O)[C@]1(C)O.CC[C@H]1OC(=O)[C@H](C)[C@@H](O)[C@H](C)[C@@H](O[C@@H]2O[C@H](C)C[C@H](NC)[C@H]2O)[C@](C)(O)C[C@@H](O)CN(C)[C@H](C)[C@@H](O)[C@]1(C)O. The molecule has 91 heavy (non-hydrogen) atoms. The third-order valence-electron chi connectivity index (χ3n) is 19.8. The summed E-state index contributed by atoms with van der Waals surface area (Å²) in [5.74, 6) is -6.15. The lowest BCUT2D eigenvalue weighted by Gasteiger charge is -2.47. The Morgan fingerprint density at radius 1 is 0.626 bits per heavy atom. The second kappa shape index (κ2) is 34.2. The predicted molar refractivity (Wildman–Crippen MR) is 334 cm³/mol. The van der Waals surface area contributed by atoms with Gasteiger partial charge in [0, 0.05) is 62.9 Å². The van der Waals surface area contributed by atoms with Gasteiger partial charge in [0.25, 0.3) is 0 Å². The number of likely N-dealkylation sites (N-methyl/N-ethyl adjacent to an activating group) is 4. The second-order valence-corrected chi connectivity index (χ2v) is 27.7. The molecule has 28 atom stereocenters. The van der Waals surface area contributed by atoms with E-state index in [4.69, 9.17) is 33.2 Å². The molecule has 0 bridgehead atoms. The van der Waals surface area contributed by atoms with E-state index in [0.29, 0.717) is 6.42 Å². The molecular weight excluding hydrogens is 1190 g/mol. The number of cyclic esters (lactones) is 2. The highest BCUT2D eigenvalue weighted by Gasteiger charge is 2.53. The minimum atomic E-state index is -1.87. The molecule has 0 aliphatic carbocycles. The Kier molecular flexibility index (Phi) is 30.1. The lowest BCUT2D eigenvalue weighted by atomic mass is 9.79. The monoisotopic (exact) mass is 1300 g/mol. The first-order chi connectivity index (χ1) is 42.1. The van der Waals surface area contributed by atoms with Crippen molar-refractivity contribution >= 4 is 17.8 Å². The largest absolute Gasteiger partial charge is 0.459 e. The lowest BCUT2D eigenvalue weighted by Crippen LogP contribution is -2.60. The number of rotatable bonds is 12. The van der Waals surface area contributed by atoms with Crippen molar-refractivity contribution in [1.29, 1.82) is 0 Å². The van der Waals surface area contributed by atoms with E-state index in [2.05, 4.69) is 5.32 Å². The molecule has 26 heteroatoms. The molecule has 26 nitrogen and oxygen atoms in total. The number of nitrogens with one attached hydrogen (secondary N) is 1. The Labute approximate surface area is 539 Å². The molecule has 4 saturated heterocycles. The van der Waals surface area contributed by atoms with Crippen LogP contribution in [0.3, 0.4) is 0 Å². The van der Waals surface area contributed by atoms with Gasteiger partial charge < -0.3 is 105 Å². The van der Waals surface area contributed by atoms with Crippen LogP contribution in [0.15, 0.2) is 30.3 Å². The van der Waals surface area contributed by atoms with E-state index in [0.717, 1.165) is 5.56 Å². The number of benzene rings is 1. The van der Waals surface area contributed by atoms with E-state index >= 15 is 0 Å². The summed E-state index contributed by atoms with van der Waals surface area (Å²) in [5, 5.41) is 139. The van der Waals surface area contributed by atoms with E-state index < -0.39 is 168 Å². The average molecular weight is 1310 g/mol. The molecule has 1 aromatic carbocycles. The van der Waals surface area contributed by atoms with Gasteiger partial charge in [-0.15, -0.1) is 0 Å². The van der Waals surface area contributed by atoms with Crippen LogP contribution >= 0.6 is 0 Å². The van der Waals surface area contributed by atoms with Crippen molar-refractivity contribution in [3.63, 3.8) is 0 Å². The second-order valence-electron chi connectivity index (χ2n) is 27.7. The van der Waals surface area contributed by atoms with Crippen LogP contribution < -0.4 is 5.32 Å². The molecular formula is C65H116N4O22. The zero-order valence-electron chi connectivity index (χ0n) is 57.1. The number of hydrogen-bond acceptors (Lipinski definition) is 25. The van der Waals surface area contributed by atoms with Crippen molar-refractivity contribution in [2.45, 2.75) is 287 Å². The first-order valence-corrected chi connectivity index (χ1v) is 32.4. The fourth-order valence-electron chi connectivity index (χ4n) is 13.5. The summed E-state index contributed by atoms with van der Waals surface area (Å²) in [5.41, 5.74) is -6.41. The number of aliphatic hydroxyl groups is 12. The van der Waals surface area contributed by atoms with Crippen LogP contribution in [-0.2, 0) is 54.1 Å². The highest BCUT2D eigenvalue weighted by atomic mass is 16.7. The van der Waals surface area contributed by atoms with Crippen LogP contribution in [0.5, 0.6) is 0 Å². The minimum Gasteiger partial charge on any atom is -0.459 e. The van der Waals surface area contributed by atoms with Crippen molar-refractivity contribution in [2.24, 2.45) is 23.7 Å². The molecule has 1 aromatic rings. The lowest BCUT2D eigenvalue weighted by molar-refractivity contribution is -0.299. The van der Waals surface area contributed by atoms with E-state index in [9.17, 15) is 75.7 Å². The molecule has 5 rings (SSSR count). The summed E-state index contributed by atoms with van der Waals surface area (Å²) in [4.78, 5) is 44.4. The molecule has 0 aromatic heterocycles. The van der Waals surface area contributed by atoms with Crippen molar-refractivity contribution in [2.75, 3.05) is 47.9 Å². The number of β-amino-alcohol motifs (C(OH)–C–C–N with tert-alkyl or cyclic N) is 2. The van der Waals surface area contributed by atoms with Gasteiger partial charge in [0.15, 0.2) is 12.6 Å². The Bertz CT molecular complexity index is 2380. The van der Waals surface area contributed by atoms with E-state index in [1.165, 1.54) is 46.4 Å². The van der Waals surface area contributed by atoms with Crippen molar-refractivity contribution in [3.05, 3.63) is 35.9 Å². The topological polar surface area (TPSA) is 380 Å². The molecule has 0 radical (unpaired) electrons. The van der Waals surface area contributed by atoms with Crippen molar-refractivity contribution in [1.82, 2.24) is 20.0 Å². The van der Waals surface area contributed by atoms with Crippen LogP contribution in [0.1, 0.15) is 141 Å². The summed E-state index contributed by atoms with van der Waals surface area (Å²) >= 11 is 0. The van der Waals surface area contributed by atoms with Gasteiger partial charge >= 0.3 is 11.9 Å². The number of ether oxygens (including phenoxy) is 7. The zero-order chi connectivity index (χ0) is 69.2. The van der Waals surface area contributed by atoms with Crippen molar-refractivity contribution < 1.29 is 109 Å². The Morgan fingerprint density at radius 2 is 1.02 bits per heavy atom. The highest BCUT2D eigenvalue weighted by molar-refractivity contribution is 5.77. The maximum absolute atomic E-state index is 13.4. The third kappa shape index (κ3) is 20.4. The molecule has 4 fully saturated rings. The average Bonchev–Trinajstić information content (AvgIpc) is 1.68. The fourth-order valence-corrected chi connectivity index (χ4v) is 13.5. The number of carbonyl (C=O) groups is 3. The summed E-state index contributed by atoms with van der Waals surface area (Å²) < 4.78 is 41.4. The van der Waals surface area contributed by atoms with Gasteiger partial charge in [-0.05, 0) is 122 Å². The number of esters is 2. The van der Waals surface area contributed by atoms with Gasteiger partial charge in [0.2, 0.25) is 5.91 Å². The highest BCUT2D eigenvalue weighted by Crippen LogP contribution is 2.39. The van der Waals surface area contributed by atoms with Crippen LogP contribution in [0.4, 0.5) is 0 Å². The summed E-state index contributed by atoms with van der Waals surface area (Å²) in [7, 11) is 6.59. The zero-order valence-corrected chi connectivity index (χ0v) is 57.1. The van der Waals surface area contributed by atoms with Gasteiger partial charge in [-0.3, -0.25) is 24.2 Å². The molecule has 0 saturated carbocycles. The fraction of sp³-hybridized carbons (Fsp3) is 0.862. The molecule has 0 unspecified atom stereocenters. The Hall–Kier alpha value is -3.17. The molecule has 4 aliphatic rings. The normalized spacial score (nSPS) is 44.5. The van der Waals surface area contributed by atoms with Gasteiger partial charge in [-0.2, -0.15) is 0 Å². The molecule has 4 heterocycles. The summed E-state index contributed by atoms with van der Waals surface area (Å²) in [6.45, 7) is 22.1. The standard InChI is InChI=1S/C37H62N2O12.C28H54N2O10/c1-10-28-37(7,47)32(44)24(5)38(8)18-26(40)17-36(6,46)33(22(3)30(42)23(4)34(45)50-28)51-35-31(43)27(16-21(2)49-35)39(9)29(41)20-48-19-25-14-12-11-13-15-25;1-10-20-28(7,37)23(34)17(5)30(9)13-18(31)12-27(6,36)24(15(3)21(32)16(4)25(35)39-20)40-26-22(33)19(29-8)11-14(2)38-26/h11-15,21-24,26-28,30-33,35,40,42-44,46-47H,10,16-20H2,1-9H3;14-24,26,29,31-34,36-37H,10-13H2,1-9H3/t21-,22+,23-,24-,26-,27+,28-,30+,31-,32-,33-,35+,36-,37-;14-,15+,16-,17-,18-,19+,20-,21+,22-,23-,24-,26+,27-,28-/m11/s1. The van der Waals surface area contributed by atoms with E-state index in [1.807, 2.05) is 37.3 Å². The first kappa shape index (κ1) is 80.3. The molecule has 528 valence electrons. The number of hydrogen-bond donors (Lipinski definition) is 13. The smallest absolute Gasteiger partial charge is 0.311 e. The van der Waals surface area contributed by atoms with E-state index in [-0.39, 0.29) is 76.5 Å². The third-order valence-corrected chi connectivity index (χ3v) is 19.8. The van der Waals surface area contributed by atoms with Gasteiger partial charge in [0.1, 0.15) is 54.4 Å². The molecule has 0 spiro atoms. The number of carbonyl (C=O) groups excluding carboxylic acids is 3. The van der Waals surface area contributed by atoms with Crippen LogP contribution in [0.2, 0.25) is 0 Å². The summed E-state index contributed by atoms with van der Waals surface area (Å²) in [6.07, 6.45) is -17.6. The molecule has 1 amide bonds. The molecule has 13 N–H and O–H groups in total. The van der Waals surface area contributed by atoms with E-state index in [1.54, 1.807) is 86.5 Å². The van der Waals surface area contributed by atoms with Gasteiger partial charge in [0.05, 0.1) is 84.5 Å². The Balaban J connectivity index is 0.000000400. The molecule has 4 aliphatic heterocycles. The number of aliphatic hydroxyl groups excluding tert-OH is 8.